The van der Waals surface area contributed by atoms with Crippen LogP contribution in [-0.2, 0) is 4.79 Å². The van der Waals surface area contributed by atoms with Crippen LogP contribution in [0.5, 0.6) is 5.75 Å². The Morgan fingerprint density at radius 3 is 2.44 bits per heavy atom. The van der Waals surface area contributed by atoms with Crippen molar-refractivity contribution in [2.24, 2.45) is 0 Å². The van der Waals surface area contributed by atoms with E-state index >= 15 is 0 Å². The Morgan fingerprint density at radius 1 is 1.00 bits per heavy atom. The third-order valence-corrected chi connectivity index (χ3v) is 4.56. The highest BCUT2D eigenvalue weighted by atomic mass is 16.5. The lowest BCUT2D eigenvalue weighted by Gasteiger charge is -2.36. The van der Waals surface area contributed by atoms with E-state index in [9.17, 15) is 9.59 Å². The van der Waals surface area contributed by atoms with Crippen LogP contribution in [0.4, 0.5) is 5.69 Å². The van der Waals surface area contributed by atoms with Crippen LogP contribution in [0.25, 0.3) is 0 Å². The molecule has 0 bridgehead atoms. The van der Waals surface area contributed by atoms with E-state index in [2.05, 4.69) is 22.3 Å². The van der Waals surface area contributed by atoms with E-state index in [0.29, 0.717) is 31.0 Å². The minimum Gasteiger partial charge on any atom is -0.494 e. The molecular formula is C21H25N3O3. The highest BCUT2D eigenvalue weighted by Gasteiger charge is 2.21. The van der Waals surface area contributed by atoms with Gasteiger partial charge in [-0.3, -0.25) is 9.59 Å². The number of amides is 2. The van der Waals surface area contributed by atoms with Gasteiger partial charge in [0, 0.05) is 37.4 Å². The molecule has 2 amide bonds. The lowest BCUT2D eigenvalue weighted by Crippen LogP contribution is -2.51. The number of nitrogens with one attached hydrogen (secondary N) is 1. The molecule has 1 N–H and O–H groups in total. The van der Waals surface area contributed by atoms with Crippen LogP contribution in [0, 0.1) is 0 Å². The van der Waals surface area contributed by atoms with Gasteiger partial charge in [0.1, 0.15) is 5.75 Å². The molecule has 0 unspecified atom stereocenters. The predicted octanol–water partition coefficient (Wildman–Crippen LogP) is 2.16. The lowest BCUT2D eigenvalue weighted by atomic mass is 10.2. The fourth-order valence-electron chi connectivity index (χ4n) is 3.12. The smallest absolute Gasteiger partial charge is 0.251 e. The van der Waals surface area contributed by atoms with Crippen LogP contribution >= 0.6 is 0 Å². The van der Waals surface area contributed by atoms with Crippen molar-refractivity contribution < 1.29 is 14.3 Å². The van der Waals surface area contributed by atoms with Crippen molar-refractivity contribution in [1.82, 2.24) is 10.2 Å². The van der Waals surface area contributed by atoms with Crippen molar-refractivity contribution >= 4 is 17.5 Å². The van der Waals surface area contributed by atoms with E-state index in [0.717, 1.165) is 13.1 Å². The van der Waals surface area contributed by atoms with Gasteiger partial charge in [0.05, 0.1) is 13.2 Å². The second-order valence-corrected chi connectivity index (χ2v) is 6.35. The molecule has 6 heteroatoms. The zero-order valence-corrected chi connectivity index (χ0v) is 15.6. The number of carbonyl (C=O) groups is 2. The Labute approximate surface area is 159 Å². The van der Waals surface area contributed by atoms with Crippen molar-refractivity contribution in [2.75, 3.05) is 44.2 Å². The van der Waals surface area contributed by atoms with Gasteiger partial charge in [-0.1, -0.05) is 24.3 Å². The summed E-state index contributed by atoms with van der Waals surface area (Å²) >= 11 is 0. The van der Waals surface area contributed by atoms with Crippen molar-refractivity contribution in [3.63, 3.8) is 0 Å². The average molecular weight is 367 g/mol. The Morgan fingerprint density at radius 2 is 1.74 bits per heavy atom. The van der Waals surface area contributed by atoms with Crippen LogP contribution < -0.4 is 15.0 Å². The number of rotatable bonds is 6. The van der Waals surface area contributed by atoms with Gasteiger partial charge in [0.2, 0.25) is 5.91 Å². The second kappa shape index (κ2) is 9.07. The molecule has 1 fully saturated rings. The molecule has 6 nitrogen and oxygen atoms in total. The Kier molecular flexibility index (Phi) is 6.30. The van der Waals surface area contributed by atoms with Crippen LogP contribution in [0.1, 0.15) is 17.3 Å². The number of hydrogen-bond acceptors (Lipinski definition) is 4. The molecule has 2 aromatic carbocycles. The molecule has 27 heavy (non-hydrogen) atoms. The maximum absolute atomic E-state index is 12.4. The maximum atomic E-state index is 12.4. The molecule has 1 aliphatic heterocycles. The van der Waals surface area contributed by atoms with Gasteiger partial charge in [-0.25, -0.2) is 0 Å². The lowest BCUT2D eigenvalue weighted by molar-refractivity contribution is -0.130. The topological polar surface area (TPSA) is 61.9 Å². The van der Waals surface area contributed by atoms with E-state index < -0.39 is 0 Å². The molecule has 3 rings (SSSR count). The minimum atomic E-state index is -0.271. The summed E-state index contributed by atoms with van der Waals surface area (Å²) in [5.74, 6) is 0.318. The van der Waals surface area contributed by atoms with Crippen molar-refractivity contribution in [3.8, 4) is 5.75 Å². The Balaban J connectivity index is 1.47. The molecule has 1 heterocycles. The van der Waals surface area contributed by atoms with Gasteiger partial charge < -0.3 is 19.9 Å². The number of carbonyl (C=O) groups excluding carboxylic acids is 2. The van der Waals surface area contributed by atoms with E-state index in [-0.39, 0.29) is 18.4 Å². The fourth-order valence-corrected chi connectivity index (χ4v) is 3.12. The zero-order chi connectivity index (χ0) is 19.1. The van der Waals surface area contributed by atoms with Crippen molar-refractivity contribution in [2.45, 2.75) is 6.92 Å². The van der Waals surface area contributed by atoms with Gasteiger partial charge in [0.15, 0.2) is 0 Å². The summed E-state index contributed by atoms with van der Waals surface area (Å²) in [6, 6.07) is 17.1. The Bertz CT molecular complexity index is 771. The highest BCUT2D eigenvalue weighted by Crippen LogP contribution is 2.16. The van der Waals surface area contributed by atoms with E-state index in [1.165, 1.54) is 5.69 Å². The predicted molar refractivity (Wildman–Crippen MR) is 105 cm³/mol. The fraction of sp³-hybridized carbons (Fsp3) is 0.333. The first-order valence-corrected chi connectivity index (χ1v) is 9.26. The highest BCUT2D eigenvalue weighted by molar-refractivity contribution is 5.96. The number of ether oxygens (including phenoxy) is 1. The number of nitrogens with zero attached hydrogens (tertiary/aromatic N) is 2. The number of benzene rings is 2. The molecule has 1 saturated heterocycles. The third kappa shape index (κ3) is 5.00. The molecule has 1 aliphatic rings. The Hall–Kier alpha value is -3.02. The summed E-state index contributed by atoms with van der Waals surface area (Å²) < 4.78 is 5.40. The number of piperazine rings is 1. The standard InChI is InChI=1S/C21H25N3O3/c1-2-27-19-10-6-7-17(15-19)21(26)22-16-20(25)24-13-11-23(12-14-24)18-8-4-3-5-9-18/h3-10,15H,2,11-14,16H2,1H3,(H,22,26). The van der Waals surface area contributed by atoms with Crippen molar-refractivity contribution in [1.29, 1.82) is 0 Å². The first-order valence-electron chi connectivity index (χ1n) is 9.26. The van der Waals surface area contributed by atoms with E-state index in [4.69, 9.17) is 4.74 Å². The maximum Gasteiger partial charge on any atom is 0.251 e. The quantitative estimate of drug-likeness (QED) is 0.850. The zero-order valence-electron chi connectivity index (χ0n) is 15.6. The second-order valence-electron chi connectivity index (χ2n) is 6.35. The molecule has 0 spiro atoms. The first-order chi connectivity index (χ1) is 13.2. The molecule has 0 aromatic heterocycles. The summed E-state index contributed by atoms with van der Waals surface area (Å²) in [6.45, 7) is 5.33. The molecule has 0 radical (unpaired) electrons. The summed E-state index contributed by atoms with van der Waals surface area (Å²) in [6.07, 6.45) is 0. The summed E-state index contributed by atoms with van der Waals surface area (Å²) in [5, 5.41) is 2.71. The van der Waals surface area contributed by atoms with Crippen LogP contribution in [0.2, 0.25) is 0 Å². The largest absolute Gasteiger partial charge is 0.494 e. The van der Waals surface area contributed by atoms with Crippen LogP contribution in [0.3, 0.4) is 0 Å². The average Bonchev–Trinajstić information content (AvgIpc) is 2.73. The van der Waals surface area contributed by atoms with Gasteiger partial charge in [-0.15, -0.1) is 0 Å². The van der Waals surface area contributed by atoms with Gasteiger partial charge >= 0.3 is 0 Å². The van der Waals surface area contributed by atoms with Crippen molar-refractivity contribution in [3.05, 3.63) is 60.2 Å². The van der Waals surface area contributed by atoms with E-state index in [1.807, 2.05) is 25.1 Å². The first kappa shape index (κ1) is 18.8. The van der Waals surface area contributed by atoms with Crippen LogP contribution in [0.15, 0.2) is 54.6 Å². The molecule has 0 atom stereocenters. The number of hydrogen-bond donors (Lipinski definition) is 1. The molecular weight excluding hydrogens is 342 g/mol. The molecule has 0 aliphatic carbocycles. The number of anilines is 1. The van der Waals surface area contributed by atoms with Gasteiger partial charge in [0.25, 0.3) is 5.91 Å². The normalized spacial score (nSPS) is 14.0. The van der Waals surface area contributed by atoms with Gasteiger partial charge in [-0.05, 0) is 37.3 Å². The third-order valence-electron chi connectivity index (χ3n) is 4.56. The molecule has 142 valence electrons. The van der Waals surface area contributed by atoms with E-state index in [1.54, 1.807) is 29.2 Å². The summed E-state index contributed by atoms with van der Waals surface area (Å²) in [4.78, 5) is 28.8. The monoisotopic (exact) mass is 367 g/mol. The SMILES string of the molecule is CCOc1cccc(C(=O)NCC(=O)N2CCN(c3ccccc3)CC2)c1. The molecule has 0 saturated carbocycles. The number of para-hydroxylation sites is 1. The van der Waals surface area contributed by atoms with Crippen LogP contribution in [-0.4, -0.2) is 56.0 Å². The summed E-state index contributed by atoms with van der Waals surface area (Å²) in [7, 11) is 0. The van der Waals surface area contributed by atoms with Gasteiger partial charge in [-0.2, -0.15) is 0 Å². The summed E-state index contributed by atoms with van der Waals surface area (Å²) in [5.41, 5.74) is 1.66. The minimum absolute atomic E-state index is 0.00301. The molecule has 2 aromatic rings.